The lowest BCUT2D eigenvalue weighted by molar-refractivity contribution is 0.350. The molecule has 21 heavy (non-hydrogen) atoms. The summed E-state index contributed by atoms with van der Waals surface area (Å²) in [5.74, 6) is 5.12. The normalized spacial score (nSPS) is 10.8. The van der Waals surface area contributed by atoms with Crippen molar-refractivity contribution in [3.05, 3.63) is 28.8 Å². The van der Waals surface area contributed by atoms with E-state index in [2.05, 4.69) is 11.8 Å². The Labute approximate surface area is 129 Å². The average Bonchev–Trinajstić information content (AvgIpc) is 2.45. The summed E-state index contributed by atoms with van der Waals surface area (Å²) in [7, 11) is -3.74. The Morgan fingerprint density at radius 3 is 2.67 bits per heavy atom. The highest BCUT2D eigenvalue weighted by Gasteiger charge is 2.25. The molecule has 0 fully saturated rings. The van der Waals surface area contributed by atoms with Crippen molar-refractivity contribution in [1.29, 1.82) is 5.26 Å². The maximum atomic E-state index is 12.5. The van der Waals surface area contributed by atoms with Crippen molar-refractivity contribution in [3.63, 3.8) is 0 Å². The molecule has 1 aromatic rings. The number of rotatable bonds is 5. The topological polar surface area (TPSA) is 81.4 Å². The van der Waals surface area contributed by atoms with Crippen LogP contribution in [-0.2, 0) is 10.0 Å². The van der Waals surface area contributed by atoms with E-state index in [1.807, 2.05) is 6.07 Å². The Morgan fingerprint density at radius 2 is 2.14 bits per heavy atom. The van der Waals surface area contributed by atoms with Gasteiger partial charge in [0.05, 0.1) is 11.1 Å². The third-order valence-electron chi connectivity index (χ3n) is 2.69. The summed E-state index contributed by atoms with van der Waals surface area (Å²) in [5, 5.41) is 17.3. The highest BCUT2D eigenvalue weighted by atomic mass is 35.5. The summed E-state index contributed by atoms with van der Waals surface area (Å²) in [4.78, 5) is -0.0153. The smallest absolute Gasteiger partial charge is 0.244 e. The number of halogens is 1. The number of hydrogen-bond acceptors (Lipinski definition) is 4. The average molecular weight is 327 g/mol. The molecule has 0 spiro atoms. The van der Waals surface area contributed by atoms with E-state index in [9.17, 15) is 8.42 Å². The van der Waals surface area contributed by atoms with Crippen LogP contribution in [0.5, 0.6) is 0 Å². The van der Waals surface area contributed by atoms with Gasteiger partial charge in [-0.3, -0.25) is 0 Å². The molecule has 0 heterocycles. The van der Waals surface area contributed by atoms with Crippen LogP contribution in [0.1, 0.15) is 18.9 Å². The van der Waals surface area contributed by atoms with Gasteiger partial charge in [0.25, 0.3) is 0 Å². The van der Waals surface area contributed by atoms with E-state index in [1.54, 1.807) is 6.92 Å². The van der Waals surface area contributed by atoms with Crippen LogP contribution >= 0.6 is 11.6 Å². The molecule has 1 rings (SSSR count). The van der Waals surface area contributed by atoms with Gasteiger partial charge in [-0.1, -0.05) is 30.4 Å². The molecule has 1 aromatic carbocycles. The van der Waals surface area contributed by atoms with E-state index in [1.165, 1.54) is 22.5 Å². The van der Waals surface area contributed by atoms with Crippen molar-refractivity contribution < 1.29 is 13.5 Å². The third-order valence-corrected chi connectivity index (χ3v) is 5.14. The van der Waals surface area contributed by atoms with Crippen LogP contribution in [0.25, 0.3) is 0 Å². The molecule has 0 saturated carbocycles. The zero-order chi connectivity index (χ0) is 15.9. The lowest BCUT2D eigenvalue weighted by Crippen LogP contribution is -2.32. The van der Waals surface area contributed by atoms with Gasteiger partial charge in [-0.05, 0) is 18.2 Å². The highest BCUT2D eigenvalue weighted by molar-refractivity contribution is 7.89. The molecule has 0 aromatic heterocycles. The van der Waals surface area contributed by atoms with Gasteiger partial charge in [0.1, 0.15) is 11.5 Å². The lowest BCUT2D eigenvalue weighted by atomic mass is 10.2. The van der Waals surface area contributed by atoms with Crippen LogP contribution in [0.2, 0.25) is 5.02 Å². The monoisotopic (exact) mass is 326 g/mol. The van der Waals surface area contributed by atoms with Crippen LogP contribution in [-0.4, -0.2) is 37.5 Å². The summed E-state index contributed by atoms with van der Waals surface area (Å²) < 4.78 is 26.1. The summed E-state index contributed by atoms with van der Waals surface area (Å²) in [6, 6.07) is 6.27. The van der Waals surface area contributed by atoms with Gasteiger partial charge < -0.3 is 5.11 Å². The Morgan fingerprint density at radius 1 is 1.43 bits per heavy atom. The van der Waals surface area contributed by atoms with Gasteiger partial charge in [0, 0.05) is 25.1 Å². The first-order valence-corrected chi connectivity index (χ1v) is 8.05. The number of sulfonamides is 1. The first-order chi connectivity index (χ1) is 9.97. The quantitative estimate of drug-likeness (QED) is 0.833. The zero-order valence-corrected chi connectivity index (χ0v) is 13.1. The molecule has 0 saturated heterocycles. The summed E-state index contributed by atoms with van der Waals surface area (Å²) in [6.07, 6.45) is 0.116. The molecule has 0 radical (unpaired) electrons. The second-order valence-electron chi connectivity index (χ2n) is 4.01. The number of aliphatic hydroxyl groups is 1. The molecule has 0 bridgehead atoms. The van der Waals surface area contributed by atoms with Crippen molar-refractivity contribution in [2.24, 2.45) is 0 Å². The summed E-state index contributed by atoms with van der Waals surface area (Å²) in [6.45, 7) is 1.80. The Bertz CT molecular complexity index is 699. The largest absolute Gasteiger partial charge is 0.384 e. The van der Waals surface area contributed by atoms with Crippen molar-refractivity contribution in [2.45, 2.75) is 18.2 Å². The van der Waals surface area contributed by atoms with E-state index in [-0.39, 0.29) is 36.0 Å². The first-order valence-electron chi connectivity index (χ1n) is 6.23. The molecule has 0 aliphatic heterocycles. The minimum Gasteiger partial charge on any atom is -0.384 e. The second kappa shape index (κ2) is 8.02. The Hall–Kier alpha value is -1.57. The molecule has 112 valence electrons. The lowest BCUT2D eigenvalue weighted by Gasteiger charge is -2.19. The minimum absolute atomic E-state index is 0.0153. The molecular formula is C14H15ClN2O3S. The number of nitrogens with zero attached hydrogens (tertiary/aromatic N) is 2. The predicted molar refractivity (Wildman–Crippen MR) is 80.1 cm³/mol. The van der Waals surface area contributed by atoms with Gasteiger partial charge in [-0.2, -0.15) is 9.57 Å². The fraction of sp³-hybridized carbons (Fsp3) is 0.357. The van der Waals surface area contributed by atoms with Crippen molar-refractivity contribution in [3.8, 4) is 17.9 Å². The molecule has 0 amide bonds. The molecule has 0 aliphatic carbocycles. The fourth-order valence-corrected chi connectivity index (χ4v) is 3.66. The van der Waals surface area contributed by atoms with Crippen LogP contribution in [0, 0.1) is 23.2 Å². The zero-order valence-electron chi connectivity index (χ0n) is 11.5. The second-order valence-corrected chi connectivity index (χ2v) is 6.32. The summed E-state index contributed by atoms with van der Waals surface area (Å²) in [5.41, 5.74) is 0.521. The maximum absolute atomic E-state index is 12.5. The van der Waals surface area contributed by atoms with E-state index < -0.39 is 10.0 Å². The molecule has 5 nitrogen and oxygen atoms in total. The maximum Gasteiger partial charge on any atom is 0.244 e. The predicted octanol–water partition coefficient (Wildman–Crippen LogP) is 1.61. The molecular weight excluding hydrogens is 312 g/mol. The number of nitriles is 1. The fourth-order valence-electron chi connectivity index (χ4n) is 1.69. The van der Waals surface area contributed by atoms with Gasteiger partial charge in [-0.25, -0.2) is 8.42 Å². The van der Waals surface area contributed by atoms with Gasteiger partial charge in [0.2, 0.25) is 10.0 Å². The standard InChI is InChI=1S/C14H15ClN2O3S/c1-2-17(9-4-8-16)21(19,20)14-7-6-12(5-3-10-18)11-13(14)15/h6-7,11,18H,2,4,9-10H2,1H3. The van der Waals surface area contributed by atoms with E-state index >= 15 is 0 Å². The number of hydrogen-bond donors (Lipinski definition) is 1. The van der Waals surface area contributed by atoms with E-state index in [0.29, 0.717) is 5.56 Å². The molecule has 1 N–H and O–H groups in total. The third kappa shape index (κ3) is 4.45. The molecule has 7 heteroatoms. The van der Waals surface area contributed by atoms with Crippen molar-refractivity contribution >= 4 is 21.6 Å². The van der Waals surface area contributed by atoms with E-state index in [4.69, 9.17) is 22.0 Å². The number of aliphatic hydroxyl groups excluding tert-OH is 1. The Balaban J connectivity index is 3.17. The minimum atomic E-state index is -3.74. The first kappa shape index (κ1) is 17.5. The van der Waals surface area contributed by atoms with Gasteiger partial charge >= 0.3 is 0 Å². The molecule has 0 aliphatic rings. The van der Waals surface area contributed by atoms with Crippen LogP contribution in [0.4, 0.5) is 0 Å². The summed E-state index contributed by atoms with van der Waals surface area (Å²) >= 11 is 6.03. The van der Waals surface area contributed by atoms with Crippen LogP contribution in [0.3, 0.4) is 0 Å². The van der Waals surface area contributed by atoms with Crippen molar-refractivity contribution in [1.82, 2.24) is 4.31 Å². The number of benzene rings is 1. The van der Waals surface area contributed by atoms with E-state index in [0.717, 1.165) is 0 Å². The van der Waals surface area contributed by atoms with Crippen LogP contribution in [0.15, 0.2) is 23.1 Å². The Kier molecular flexibility index (Phi) is 6.67. The molecule has 0 atom stereocenters. The van der Waals surface area contributed by atoms with Crippen molar-refractivity contribution in [2.75, 3.05) is 19.7 Å². The SMILES string of the molecule is CCN(CCC#N)S(=O)(=O)c1ccc(C#CCO)cc1Cl. The van der Waals surface area contributed by atoms with Gasteiger partial charge in [0.15, 0.2) is 0 Å². The van der Waals surface area contributed by atoms with Crippen LogP contribution < -0.4 is 0 Å². The highest BCUT2D eigenvalue weighted by Crippen LogP contribution is 2.25. The molecule has 0 unspecified atom stereocenters. The van der Waals surface area contributed by atoms with Gasteiger partial charge in [-0.15, -0.1) is 0 Å².